The summed E-state index contributed by atoms with van der Waals surface area (Å²) in [6.45, 7) is -0.556. The number of likely N-dealkylation sites (N-methyl/N-ethyl adjacent to an activating group) is 1. The number of rotatable bonds is 5. The summed E-state index contributed by atoms with van der Waals surface area (Å²) >= 11 is 1.31. The third-order valence-corrected chi connectivity index (χ3v) is 3.78. The lowest BCUT2D eigenvalue weighted by molar-refractivity contribution is -0.127. The van der Waals surface area contributed by atoms with Gasteiger partial charge < -0.3 is 15.4 Å². The third-order valence-electron chi connectivity index (χ3n) is 2.69. The van der Waals surface area contributed by atoms with Gasteiger partial charge >= 0.3 is 5.97 Å². The van der Waals surface area contributed by atoms with Crippen LogP contribution in [-0.4, -0.2) is 38.0 Å². The minimum atomic E-state index is -0.550. The molecule has 110 valence electrons. The van der Waals surface area contributed by atoms with E-state index in [1.54, 1.807) is 6.07 Å². The lowest BCUT2D eigenvalue weighted by Gasteiger charge is -2.04. The van der Waals surface area contributed by atoms with Crippen LogP contribution in [0, 0.1) is 0 Å². The average molecular weight is 306 g/mol. The van der Waals surface area contributed by atoms with Gasteiger partial charge in [0.15, 0.2) is 6.61 Å². The van der Waals surface area contributed by atoms with E-state index in [-0.39, 0.29) is 12.5 Å². The molecule has 0 saturated carbocycles. The van der Waals surface area contributed by atoms with Gasteiger partial charge in [-0.25, -0.2) is 4.79 Å². The van der Waals surface area contributed by atoms with E-state index in [4.69, 9.17) is 4.74 Å². The van der Waals surface area contributed by atoms with Crippen molar-refractivity contribution in [1.82, 2.24) is 10.6 Å². The number of hydrogen-bond acceptors (Lipinski definition) is 5. The molecule has 2 N–H and O–H groups in total. The fourth-order valence-corrected chi connectivity index (χ4v) is 2.56. The summed E-state index contributed by atoms with van der Waals surface area (Å²) in [4.78, 5) is 34.6. The van der Waals surface area contributed by atoms with Crippen LogP contribution in [0.2, 0.25) is 0 Å². The first-order chi connectivity index (χ1) is 10.1. The van der Waals surface area contributed by atoms with Gasteiger partial charge in [-0.1, -0.05) is 18.2 Å². The SMILES string of the molecule is CNC(=O)CNC(=O)COC(=O)c1cc2ccccc2s1. The zero-order valence-electron chi connectivity index (χ0n) is 11.3. The maximum absolute atomic E-state index is 11.8. The normalized spacial score (nSPS) is 10.1. The highest BCUT2D eigenvalue weighted by atomic mass is 32.1. The molecule has 1 aromatic carbocycles. The summed E-state index contributed by atoms with van der Waals surface area (Å²) in [5.74, 6) is -1.39. The van der Waals surface area contributed by atoms with Gasteiger partial charge in [0.1, 0.15) is 4.88 Å². The van der Waals surface area contributed by atoms with Crippen molar-refractivity contribution in [1.29, 1.82) is 0 Å². The number of hydrogen-bond donors (Lipinski definition) is 2. The highest BCUT2D eigenvalue weighted by Crippen LogP contribution is 2.25. The Balaban J connectivity index is 1.87. The lowest BCUT2D eigenvalue weighted by Crippen LogP contribution is -2.37. The quantitative estimate of drug-likeness (QED) is 0.805. The molecule has 2 rings (SSSR count). The first-order valence-corrected chi connectivity index (χ1v) is 7.05. The van der Waals surface area contributed by atoms with Crippen LogP contribution < -0.4 is 10.6 Å². The van der Waals surface area contributed by atoms with Crippen LogP contribution in [0.5, 0.6) is 0 Å². The van der Waals surface area contributed by atoms with Crippen LogP contribution in [0.1, 0.15) is 9.67 Å². The number of carbonyl (C=O) groups excluding carboxylic acids is 3. The summed E-state index contributed by atoms with van der Waals surface area (Å²) in [7, 11) is 1.47. The summed E-state index contributed by atoms with van der Waals surface area (Å²) in [5, 5.41) is 5.67. The molecular weight excluding hydrogens is 292 g/mol. The molecule has 0 fully saturated rings. The molecule has 0 saturated heterocycles. The second-order valence-corrected chi connectivity index (χ2v) is 5.26. The summed E-state index contributed by atoms with van der Waals surface area (Å²) in [5.41, 5.74) is 0. The molecule has 7 heteroatoms. The van der Waals surface area contributed by atoms with E-state index >= 15 is 0 Å². The van der Waals surface area contributed by atoms with E-state index in [1.165, 1.54) is 18.4 Å². The summed E-state index contributed by atoms with van der Waals surface area (Å²) in [6, 6.07) is 9.31. The predicted octanol–water partition coefficient (Wildman–Crippen LogP) is 0.920. The van der Waals surface area contributed by atoms with Crippen LogP contribution in [0.15, 0.2) is 30.3 Å². The molecule has 0 atom stereocenters. The second kappa shape index (κ2) is 6.85. The van der Waals surface area contributed by atoms with Gasteiger partial charge in [-0.15, -0.1) is 11.3 Å². The largest absolute Gasteiger partial charge is 0.451 e. The molecule has 21 heavy (non-hydrogen) atoms. The third kappa shape index (κ3) is 4.03. The minimum Gasteiger partial charge on any atom is -0.451 e. The van der Waals surface area contributed by atoms with Crippen molar-refractivity contribution in [2.24, 2.45) is 0 Å². The number of esters is 1. The molecule has 6 nitrogen and oxygen atoms in total. The lowest BCUT2D eigenvalue weighted by atomic mass is 10.2. The number of benzene rings is 1. The number of nitrogens with one attached hydrogen (secondary N) is 2. The van der Waals surface area contributed by atoms with Crippen LogP contribution in [0.3, 0.4) is 0 Å². The van der Waals surface area contributed by atoms with Gasteiger partial charge in [-0.2, -0.15) is 0 Å². The Morgan fingerprint density at radius 1 is 1.19 bits per heavy atom. The van der Waals surface area contributed by atoms with Gasteiger partial charge in [-0.05, 0) is 17.5 Å². The molecule has 1 heterocycles. The van der Waals surface area contributed by atoms with Crippen molar-refractivity contribution in [3.8, 4) is 0 Å². The smallest absolute Gasteiger partial charge is 0.348 e. The highest BCUT2D eigenvalue weighted by molar-refractivity contribution is 7.20. The van der Waals surface area contributed by atoms with E-state index in [0.29, 0.717) is 4.88 Å². The Hall–Kier alpha value is -2.41. The molecule has 0 aliphatic rings. The van der Waals surface area contributed by atoms with Gasteiger partial charge in [-0.3, -0.25) is 9.59 Å². The Labute approximate surface area is 125 Å². The fourth-order valence-electron chi connectivity index (χ4n) is 1.60. The molecule has 2 aromatic rings. The minimum absolute atomic E-state index is 0.143. The molecule has 1 aromatic heterocycles. The zero-order chi connectivity index (χ0) is 15.2. The van der Waals surface area contributed by atoms with Gasteiger partial charge in [0, 0.05) is 11.7 Å². The molecule has 2 amide bonds. The molecule has 0 radical (unpaired) electrons. The van der Waals surface area contributed by atoms with Crippen LogP contribution in [-0.2, 0) is 14.3 Å². The maximum Gasteiger partial charge on any atom is 0.348 e. The van der Waals surface area contributed by atoms with Gasteiger partial charge in [0.05, 0.1) is 6.54 Å². The van der Waals surface area contributed by atoms with Gasteiger partial charge in [0.2, 0.25) is 5.91 Å². The Morgan fingerprint density at radius 3 is 2.67 bits per heavy atom. The van der Waals surface area contributed by atoms with E-state index < -0.39 is 18.5 Å². The monoisotopic (exact) mass is 306 g/mol. The average Bonchev–Trinajstić information content (AvgIpc) is 2.94. The van der Waals surface area contributed by atoms with Crippen molar-refractivity contribution >= 4 is 39.2 Å². The second-order valence-electron chi connectivity index (χ2n) is 4.17. The van der Waals surface area contributed by atoms with Crippen LogP contribution >= 0.6 is 11.3 Å². The molecule has 0 bridgehead atoms. The molecular formula is C14H14N2O4S. The van der Waals surface area contributed by atoms with Crippen molar-refractivity contribution in [2.45, 2.75) is 0 Å². The fraction of sp³-hybridized carbons (Fsp3) is 0.214. The number of carbonyl (C=O) groups is 3. The molecule has 0 spiro atoms. The van der Waals surface area contributed by atoms with E-state index in [0.717, 1.165) is 10.1 Å². The Bertz CT molecular complexity index is 647. The number of thiophene rings is 1. The summed E-state index contributed by atoms with van der Waals surface area (Å²) in [6.07, 6.45) is 0. The first-order valence-electron chi connectivity index (χ1n) is 6.23. The molecule has 0 unspecified atom stereocenters. The molecule has 0 aliphatic heterocycles. The molecule has 0 aliphatic carbocycles. The zero-order valence-corrected chi connectivity index (χ0v) is 12.2. The standard InChI is InChI=1S/C14H14N2O4S/c1-15-12(17)7-16-13(18)8-20-14(19)11-6-9-4-2-3-5-10(9)21-11/h2-6H,7-8H2,1H3,(H,15,17)(H,16,18). The number of ether oxygens (including phenoxy) is 1. The van der Waals surface area contributed by atoms with E-state index in [1.807, 2.05) is 24.3 Å². The maximum atomic E-state index is 11.8. The van der Waals surface area contributed by atoms with Crippen LogP contribution in [0.25, 0.3) is 10.1 Å². The topological polar surface area (TPSA) is 84.5 Å². The van der Waals surface area contributed by atoms with Crippen molar-refractivity contribution in [3.05, 3.63) is 35.2 Å². The van der Waals surface area contributed by atoms with Crippen molar-refractivity contribution in [2.75, 3.05) is 20.2 Å². The van der Waals surface area contributed by atoms with Crippen LogP contribution in [0.4, 0.5) is 0 Å². The van der Waals surface area contributed by atoms with E-state index in [9.17, 15) is 14.4 Å². The van der Waals surface area contributed by atoms with Gasteiger partial charge in [0.25, 0.3) is 5.91 Å². The number of amides is 2. The predicted molar refractivity (Wildman–Crippen MR) is 79.2 cm³/mol. The van der Waals surface area contributed by atoms with E-state index in [2.05, 4.69) is 10.6 Å². The first kappa shape index (κ1) is 15.0. The Morgan fingerprint density at radius 2 is 1.95 bits per heavy atom. The number of fused-ring (bicyclic) bond motifs is 1. The summed E-state index contributed by atoms with van der Waals surface area (Å²) < 4.78 is 5.89. The Kier molecular flexibility index (Phi) is 4.89. The highest BCUT2D eigenvalue weighted by Gasteiger charge is 2.13. The van der Waals surface area contributed by atoms with Crippen molar-refractivity contribution in [3.63, 3.8) is 0 Å². The van der Waals surface area contributed by atoms with Crippen molar-refractivity contribution < 1.29 is 19.1 Å².